The number of ether oxygens (including phenoxy) is 4. The van der Waals surface area contributed by atoms with Crippen LogP contribution in [0.25, 0.3) is 11.5 Å². The van der Waals surface area contributed by atoms with E-state index in [-0.39, 0.29) is 29.9 Å². The standard InChI is InChI=1S/C33H39N7O5/c1-18(24-11-20(41-3)15-40(24)2)43-26-12-27(44-25-14-36-33(25)16-42-17-33)38-31(37-26)29-21-5-4-9-32(30(21)45-39-29)10-8-19-6-7-23(35)22(13-34)28(19)32/h6-7,12,18,20,24-25,36H,4-5,8-11,14-17,35H2,1-3H3/t18-,20+,24-,25+,32-/m0/s1. The van der Waals surface area contributed by atoms with Gasteiger partial charge in [0, 0.05) is 37.5 Å². The Hall–Kier alpha value is -3.76. The predicted molar refractivity (Wildman–Crippen MR) is 163 cm³/mol. The number of nitrogen functional groups attached to an aromatic ring is 1. The minimum Gasteiger partial charge on any atom is -0.473 e. The maximum atomic E-state index is 10.1. The number of nitrogens with one attached hydrogen (secondary N) is 1. The number of nitrogens with zero attached hydrogens (tertiary/aromatic N) is 5. The Bertz CT molecular complexity index is 1680. The summed E-state index contributed by atoms with van der Waals surface area (Å²) >= 11 is 0. The summed E-state index contributed by atoms with van der Waals surface area (Å²) in [7, 11) is 3.85. The Kier molecular flexibility index (Phi) is 6.80. The first-order valence-corrected chi connectivity index (χ1v) is 15.9. The highest BCUT2D eigenvalue weighted by molar-refractivity contribution is 5.68. The number of rotatable bonds is 7. The number of likely N-dealkylation sites (N-methyl/N-ethyl adjacent to an activating group) is 1. The molecule has 0 bridgehead atoms. The van der Waals surface area contributed by atoms with Crippen molar-refractivity contribution in [1.82, 2.24) is 25.3 Å². The molecule has 8 rings (SSSR count). The quantitative estimate of drug-likeness (QED) is 0.377. The zero-order valence-electron chi connectivity index (χ0n) is 26.0. The Morgan fingerprint density at radius 3 is 2.76 bits per heavy atom. The molecule has 12 heteroatoms. The number of methoxy groups -OCH3 is 1. The molecule has 3 saturated heterocycles. The third-order valence-corrected chi connectivity index (χ3v) is 10.9. The van der Waals surface area contributed by atoms with E-state index in [0.29, 0.717) is 54.3 Å². The summed E-state index contributed by atoms with van der Waals surface area (Å²) in [6.07, 6.45) is 5.08. The minimum absolute atomic E-state index is 0.0676. The summed E-state index contributed by atoms with van der Waals surface area (Å²) < 4.78 is 30.3. The van der Waals surface area contributed by atoms with Crippen molar-refractivity contribution in [2.75, 3.05) is 46.2 Å². The molecule has 3 aliphatic heterocycles. The van der Waals surface area contributed by atoms with Gasteiger partial charge in [-0.25, -0.2) is 0 Å². The normalized spacial score (nSPS) is 28.6. The van der Waals surface area contributed by atoms with E-state index in [9.17, 15) is 5.26 Å². The highest BCUT2D eigenvalue weighted by Gasteiger charge is 2.54. The molecule has 5 atom stereocenters. The molecule has 2 spiro atoms. The summed E-state index contributed by atoms with van der Waals surface area (Å²) in [5, 5.41) is 18.1. The molecular weight excluding hydrogens is 574 g/mol. The molecule has 3 fully saturated rings. The van der Waals surface area contributed by atoms with Gasteiger partial charge < -0.3 is 34.5 Å². The van der Waals surface area contributed by atoms with E-state index in [0.717, 1.165) is 67.5 Å². The van der Waals surface area contributed by atoms with Crippen molar-refractivity contribution >= 4 is 5.69 Å². The molecular formula is C33H39N7O5. The van der Waals surface area contributed by atoms with Gasteiger partial charge >= 0.3 is 0 Å². The Morgan fingerprint density at radius 1 is 1.20 bits per heavy atom. The van der Waals surface area contributed by atoms with E-state index in [2.05, 4.69) is 35.4 Å². The zero-order chi connectivity index (χ0) is 30.9. The van der Waals surface area contributed by atoms with E-state index in [1.165, 1.54) is 0 Å². The van der Waals surface area contributed by atoms with Gasteiger partial charge in [-0.1, -0.05) is 11.2 Å². The molecule has 5 aliphatic rings. The summed E-state index contributed by atoms with van der Waals surface area (Å²) in [5.74, 6) is 2.06. The summed E-state index contributed by atoms with van der Waals surface area (Å²) in [5.41, 5.74) is 10.4. The SMILES string of the molecule is CO[C@@H]1C[C@@H]([C@H](C)Oc2cc(O[C@@H]3CNC34COC4)nc(-c3noc4c3CCC[C@@]43CCc4ccc(N)c(C#N)c43)n2)N(C)C1. The third-order valence-electron chi connectivity index (χ3n) is 10.9. The van der Waals surface area contributed by atoms with Crippen molar-refractivity contribution in [3.63, 3.8) is 0 Å². The highest BCUT2D eigenvalue weighted by atomic mass is 16.5. The molecule has 1 aromatic carbocycles. The fraction of sp³-hybridized carbons (Fsp3) is 0.576. The molecule has 2 aliphatic carbocycles. The van der Waals surface area contributed by atoms with Crippen molar-refractivity contribution in [2.45, 2.75) is 80.8 Å². The van der Waals surface area contributed by atoms with Crippen molar-refractivity contribution in [1.29, 1.82) is 5.26 Å². The number of benzene rings is 1. The van der Waals surface area contributed by atoms with Crippen LogP contribution in [0.2, 0.25) is 0 Å². The second kappa shape index (κ2) is 10.7. The van der Waals surface area contributed by atoms with Gasteiger partial charge in [0.1, 0.15) is 23.8 Å². The van der Waals surface area contributed by atoms with Gasteiger partial charge in [-0.15, -0.1) is 0 Å². The molecule has 3 aromatic rings. The van der Waals surface area contributed by atoms with Crippen LogP contribution in [0.5, 0.6) is 11.8 Å². The monoisotopic (exact) mass is 613 g/mol. The molecule has 3 N–H and O–H groups in total. The lowest BCUT2D eigenvalue weighted by Gasteiger charge is -2.54. The number of anilines is 1. The molecule has 236 valence electrons. The van der Waals surface area contributed by atoms with Crippen molar-refractivity contribution in [2.24, 2.45) is 0 Å². The average molecular weight is 614 g/mol. The van der Waals surface area contributed by atoms with Gasteiger partial charge in [0.15, 0.2) is 17.3 Å². The van der Waals surface area contributed by atoms with Crippen LogP contribution in [0.15, 0.2) is 22.7 Å². The fourth-order valence-electron chi connectivity index (χ4n) is 8.25. The van der Waals surface area contributed by atoms with Gasteiger partial charge in [0.05, 0.1) is 36.4 Å². The lowest BCUT2D eigenvalue weighted by Crippen LogP contribution is -2.79. The first-order valence-electron chi connectivity index (χ1n) is 15.9. The molecule has 0 saturated carbocycles. The van der Waals surface area contributed by atoms with E-state index in [1.54, 1.807) is 13.2 Å². The highest BCUT2D eigenvalue weighted by Crippen LogP contribution is 2.54. The van der Waals surface area contributed by atoms with Gasteiger partial charge in [0.25, 0.3) is 0 Å². The molecule has 0 amide bonds. The van der Waals surface area contributed by atoms with E-state index < -0.39 is 5.41 Å². The van der Waals surface area contributed by atoms with Crippen LogP contribution in [0, 0.1) is 11.3 Å². The third kappa shape index (κ3) is 4.43. The van der Waals surface area contributed by atoms with Gasteiger partial charge in [-0.05, 0) is 69.7 Å². The Labute approximate surface area is 262 Å². The fourth-order valence-corrected chi connectivity index (χ4v) is 8.25. The maximum Gasteiger partial charge on any atom is 0.221 e. The van der Waals surface area contributed by atoms with Crippen molar-refractivity contribution in [3.8, 4) is 29.3 Å². The minimum atomic E-state index is -0.449. The number of nitriles is 1. The van der Waals surface area contributed by atoms with E-state index in [1.807, 2.05) is 12.1 Å². The lowest BCUT2D eigenvalue weighted by molar-refractivity contribution is -0.165. The van der Waals surface area contributed by atoms with Gasteiger partial charge in [0.2, 0.25) is 11.8 Å². The largest absolute Gasteiger partial charge is 0.473 e. The van der Waals surface area contributed by atoms with Crippen LogP contribution >= 0.6 is 0 Å². The lowest BCUT2D eigenvalue weighted by atomic mass is 9.68. The predicted octanol–water partition coefficient (Wildman–Crippen LogP) is 2.76. The second-order valence-corrected chi connectivity index (χ2v) is 13.4. The van der Waals surface area contributed by atoms with E-state index in [4.69, 9.17) is 39.2 Å². The molecule has 2 aromatic heterocycles. The topological polar surface area (TPSA) is 154 Å². The first kappa shape index (κ1) is 28.7. The Balaban J connectivity index is 1.17. The number of aromatic nitrogens is 3. The van der Waals surface area contributed by atoms with Crippen LogP contribution in [-0.4, -0.2) is 90.4 Å². The van der Waals surface area contributed by atoms with Gasteiger partial charge in [-0.2, -0.15) is 15.2 Å². The number of likely N-dealkylation sites (tertiary alicyclic amines) is 1. The summed E-state index contributed by atoms with van der Waals surface area (Å²) in [6.45, 7) is 4.86. The van der Waals surface area contributed by atoms with Crippen LogP contribution in [-0.2, 0) is 27.7 Å². The van der Waals surface area contributed by atoms with Crippen molar-refractivity contribution < 1.29 is 23.5 Å². The van der Waals surface area contributed by atoms with Crippen LogP contribution in [0.3, 0.4) is 0 Å². The van der Waals surface area contributed by atoms with Crippen LogP contribution < -0.4 is 20.5 Å². The first-order chi connectivity index (χ1) is 21.8. The Morgan fingerprint density at radius 2 is 2.04 bits per heavy atom. The second-order valence-electron chi connectivity index (χ2n) is 13.4. The van der Waals surface area contributed by atoms with Crippen LogP contribution in [0.1, 0.15) is 60.6 Å². The molecule has 0 unspecified atom stereocenters. The van der Waals surface area contributed by atoms with E-state index >= 15 is 0 Å². The molecule has 0 radical (unpaired) electrons. The number of hydrogen-bond acceptors (Lipinski definition) is 12. The average Bonchev–Trinajstić information content (AvgIpc) is 3.71. The van der Waals surface area contributed by atoms with Crippen molar-refractivity contribution in [3.05, 3.63) is 46.2 Å². The number of nitrogens with two attached hydrogens (primary N) is 1. The zero-order valence-corrected chi connectivity index (χ0v) is 26.0. The smallest absolute Gasteiger partial charge is 0.221 e. The van der Waals surface area contributed by atoms with Gasteiger partial charge in [-0.3, -0.25) is 4.90 Å². The number of aryl methyl sites for hydroxylation is 1. The number of fused-ring (bicyclic) bond motifs is 4. The van der Waals surface area contributed by atoms with Crippen LogP contribution in [0.4, 0.5) is 5.69 Å². The summed E-state index contributed by atoms with van der Waals surface area (Å²) in [4.78, 5) is 12.0. The molecule has 5 heterocycles. The number of hydrogen-bond donors (Lipinski definition) is 2. The maximum absolute atomic E-state index is 10.1. The summed E-state index contributed by atoms with van der Waals surface area (Å²) in [6, 6.07) is 8.21. The molecule has 45 heavy (non-hydrogen) atoms. The molecule has 12 nitrogen and oxygen atoms in total.